The molecule has 2 aromatic carbocycles. The molecule has 1 unspecified atom stereocenters. The van der Waals surface area contributed by atoms with Crippen LogP contribution >= 0.6 is 0 Å². The summed E-state index contributed by atoms with van der Waals surface area (Å²) >= 11 is 0. The quantitative estimate of drug-likeness (QED) is 0.457. The summed E-state index contributed by atoms with van der Waals surface area (Å²) in [4.78, 5) is 11.4. The van der Waals surface area contributed by atoms with Crippen LogP contribution in [-0.2, 0) is 0 Å². The third-order valence-electron chi connectivity index (χ3n) is 4.14. The van der Waals surface area contributed by atoms with Crippen LogP contribution in [-0.4, -0.2) is 11.9 Å². The smallest absolute Gasteiger partial charge is 0.159 e. The molecule has 0 heterocycles. The highest BCUT2D eigenvalue weighted by molar-refractivity contribution is 5.94. The Balaban J connectivity index is 2.10. The van der Waals surface area contributed by atoms with Crippen molar-refractivity contribution >= 4 is 11.4 Å². The number of benzene rings is 2. The van der Waals surface area contributed by atoms with E-state index < -0.39 is 0 Å². The first-order valence-corrected chi connectivity index (χ1v) is 8.72. The topological polar surface area (TPSA) is 26.3 Å². The number of Topliss-reactive ketones (excluding diaryl/α,β-unsaturated/α-hetero) is 1. The van der Waals surface area contributed by atoms with Crippen LogP contribution in [0, 0.1) is 6.92 Å². The first kappa shape index (κ1) is 18.7. The third kappa shape index (κ3) is 5.46. The van der Waals surface area contributed by atoms with Gasteiger partial charge in [-0.25, -0.2) is 0 Å². The number of hydrogen-bond acceptors (Lipinski definition) is 2. The third-order valence-corrected chi connectivity index (χ3v) is 4.14. The van der Waals surface area contributed by atoms with E-state index in [1.54, 1.807) is 6.92 Å². The first-order chi connectivity index (χ1) is 12.0. The van der Waals surface area contributed by atoms with Gasteiger partial charge in [0.2, 0.25) is 0 Å². The van der Waals surface area contributed by atoms with Gasteiger partial charge < -0.3 is 4.74 Å². The standard InChI is InChI=1S/C23H26O2/c1-5-19(21-11-9-20(10-12-21)18(4)24)13-16-22(6-2)25-23-14-7-17(3)8-15-23/h5,7-16,22H,6H2,1-4H3/b16-13-,19-5+. The molecule has 2 heteroatoms. The maximum Gasteiger partial charge on any atom is 0.159 e. The number of rotatable bonds is 7. The maximum absolute atomic E-state index is 11.4. The van der Waals surface area contributed by atoms with Crippen molar-refractivity contribution in [2.45, 2.75) is 40.2 Å². The molecule has 130 valence electrons. The average Bonchev–Trinajstić information content (AvgIpc) is 2.63. The van der Waals surface area contributed by atoms with Crippen LogP contribution in [0.5, 0.6) is 5.75 Å². The van der Waals surface area contributed by atoms with Gasteiger partial charge in [0.05, 0.1) is 0 Å². The van der Waals surface area contributed by atoms with E-state index in [9.17, 15) is 4.79 Å². The minimum Gasteiger partial charge on any atom is -0.486 e. The molecule has 0 fully saturated rings. The molecule has 2 aromatic rings. The van der Waals surface area contributed by atoms with Crippen molar-refractivity contribution in [3.05, 3.63) is 83.4 Å². The zero-order valence-electron chi connectivity index (χ0n) is 15.5. The van der Waals surface area contributed by atoms with Crippen molar-refractivity contribution in [2.75, 3.05) is 0 Å². The van der Waals surface area contributed by atoms with Crippen molar-refractivity contribution in [3.63, 3.8) is 0 Å². The molecule has 25 heavy (non-hydrogen) atoms. The average molecular weight is 334 g/mol. The molecular weight excluding hydrogens is 308 g/mol. The summed E-state index contributed by atoms with van der Waals surface area (Å²) in [6.07, 6.45) is 7.16. The Morgan fingerprint density at radius 3 is 2.16 bits per heavy atom. The minimum atomic E-state index is 0.0224. The summed E-state index contributed by atoms with van der Waals surface area (Å²) in [5, 5.41) is 0. The second-order valence-corrected chi connectivity index (χ2v) is 6.11. The van der Waals surface area contributed by atoms with E-state index in [1.165, 1.54) is 5.56 Å². The highest BCUT2D eigenvalue weighted by Gasteiger charge is 2.05. The predicted octanol–water partition coefficient (Wildman–Crippen LogP) is 6.01. The summed E-state index contributed by atoms with van der Waals surface area (Å²) in [6, 6.07) is 15.8. The van der Waals surface area contributed by atoms with E-state index in [-0.39, 0.29) is 11.9 Å². The monoisotopic (exact) mass is 334 g/mol. The number of allylic oxidation sites excluding steroid dienone is 3. The van der Waals surface area contributed by atoms with Crippen LogP contribution in [0.2, 0.25) is 0 Å². The molecule has 0 bridgehead atoms. The van der Waals surface area contributed by atoms with Gasteiger partial charge in [-0.3, -0.25) is 4.79 Å². The molecule has 0 N–H and O–H groups in total. The largest absolute Gasteiger partial charge is 0.486 e. The lowest BCUT2D eigenvalue weighted by Gasteiger charge is -2.14. The van der Waals surface area contributed by atoms with Gasteiger partial charge in [0.1, 0.15) is 11.9 Å². The van der Waals surface area contributed by atoms with Crippen LogP contribution < -0.4 is 4.74 Å². The highest BCUT2D eigenvalue weighted by atomic mass is 16.5. The van der Waals surface area contributed by atoms with Crippen molar-refractivity contribution in [1.29, 1.82) is 0 Å². The number of ether oxygens (including phenoxy) is 1. The van der Waals surface area contributed by atoms with Gasteiger partial charge in [0, 0.05) is 5.56 Å². The van der Waals surface area contributed by atoms with Crippen molar-refractivity contribution in [3.8, 4) is 5.75 Å². The van der Waals surface area contributed by atoms with Gasteiger partial charge in [-0.2, -0.15) is 0 Å². The van der Waals surface area contributed by atoms with Gasteiger partial charge >= 0.3 is 0 Å². The number of carbonyl (C=O) groups is 1. The molecular formula is C23H26O2. The second-order valence-electron chi connectivity index (χ2n) is 6.11. The Morgan fingerprint density at radius 2 is 1.64 bits per heavy atom. The highest BCUT2D eigenvalue weighted by Crippen LogP contribution is 2.19. The Morgan fingerprint density at radius 1 is 1.04 bits per heavy atom. The van der Waals surface area contributed by atoms with Crippen LogP contribution in [0.15, 0.2) is 66.8 Å². The van der Waals surface area contributed by atoms with Crippen molar-refractivity contribution in [2.24, 2.45) is 0 Å². The van der Waals surface area contributed by atoms with Gasteiger partial charge in [-0.05, 0) is 56.5 Å². The molecule has 0 aliphatic carbocycles. The van der Waals surface area contributed by atoms with Crippen molar-refractivity contribution in [1.82, 2.24) is 0 Å². The molecule has 0 saturated heterocycles. The summed E-state index contributed by atoms with van der Waals surface area (Å²) in [7, 11) is 0. The number of aryl methyl sites for hydroxylation is 1. The van der Waals surface area contributed by atoms with Crippen LogP contribution in [0.25, 0.3) is 5.57 Å². The van der Waals surface area contributed by atoms with E-state index in [0.717, 1.165) is 28.9 Å². The normalized spacial score (nSPS) is 13.0. The Hall–Kier alpha value is -2.61. The molecule has 0 aliphatic heterocycles. The zero-order valence-corrected chi connectivity index (χ0v) is 15.5. The van der Waals surface area contributed by atoms with Crippen molar-refractivity contribution < 1.29 is 9.53 Å². The molecule has 1 atom stereocenters. The Kier molecular flexibility index (Phi) is 6.76. The SMILES string of the molecule is C/C=C(\C=C/C(CC)Oc1ccc(C)cc1)c1ccc(C(C)=O)cc1. The van der Waals surface area contributed by atoms with Gasteiger partial charge in [-0.15, -0.1) is 0 Å². The number of hydrogen-bond donors (Lipinski definition) is 0. The number of carbonyl (C=O) groups excluding carboxylic acids is 1. The molecule has 0 aliphatic rings. The predicted molar refractivity (Wildman–Crippen MR) is 105 cm³/mol. The molecule has 2 nitrogen and oxygen atoms in total. The van der Waals surface area contributed by atoms with Crippen LogP contribution in [0.1, 0.15) is 48.7 Å². The summed E-state index contributed by atoms with van der Waals surface area (Å²) in [5.41, 5.74) is 4.16. The molecule has 2 rings (SSSR count). The zero-order chi connectivity index (χ0) is 18.2. The first-order valence-electron chi connectivity index (χ1n) is 8.72. The lowest BCUT2D eigenvalue weighted by atomic mass is 10.0. The van der Waals surface area contributed by atoms with E-state index >= 15 is 0 Å². The second kappa shape index (κ2) is 9.03. The summed E-state index contributed by atoms with van der Waals surface area (Å²) < 4.78 is 6.04. The van der Waals surface area contributed by atoms with Gasteiger partial charge in [0.25, 0.3) is 0 Å². The lowest BCUT2D eigenvalue weighted by molar-refractivity contribution is 0.101. The molecule has 0 saturated carbocycles. The molecule has 0 spiro atoms. The molecule has 0 aromatic heterocycles. The van der Waals surface area contributed by atoms with Crippen LogP contribution in [0.3, 0.4) is 0 Å². The summed E-state index contributed by atoms with van der Waals surface area (Å²) in [5.74, 6) is 0.969. The molecule has 0 radical (unpaired) electrons. The fourth-order valence-electron chi connectivity index (χ4n) is 2.52. The summed E-state index contributed by atoms with van der Waals surface area (Å²) in [6.45, 7) is 7.77. The Bertz CT molecular complexity index is 750. The van der Waals surface area contributed by atoms with Gasteiger partial charge in [-0.1, -0.05) is 61.0 Å². The maximum atomic E-state index is 11.4. The van der Waals surface area contributed by atoms with E-state index in [2.05, 4.69) is 44.2 Å². The van der Waals surface area contributed by atoms with E-state index in [0.29, 0.717) is 0 Å². The Labute approximate surface area is 150 Å². The fraction of sp³-hybridized carbons (Fsp3) is 0.261. The minimum absolute atomic E-state index is 0.0224. The van der Waals surface area contributed by atoms with E-state index in [4.69, 9.17) is 4.74 Å². The van der Waals surface area contributed by atoms with Gasteiger partial charge in [0.15, 0.2) is 5.78 Å². The van der Waals surface area contributed by atoms with Crippen LogP contribution in [0.4, 0.5) is 0 Å². The molecule has 0 amide bonds. The number of ketones is 1. The fourth-order valence-corrected chi connectivity index (χ4v) is 2.52. The van der Waals surface area contributed by atoms with E-state index in [1.807, 2.05) is 43.3 Å². The lowest BCUT2D eigenvalue weighted by Crippen LogP contribution is -2.11.